The zero-order valence-electron chi connectivity index (χ0n) is 7.91. The van der Waals surface area contributed by atoms with E-state index in [0.717, 1.165) is 6.42 Å². The number of hydrogen-bond acceptors (Lipinski definition) is 2. The van der Waals surface area contributed by atoms with Crippen LogP contribution in [-0.4, -0.2) is 23.5 Å². The molecule has 68 valence electrons. The minimum absolute atomic E-state index is 0.481. The predicted molar refractivity (Wildman–Crippen MR) is 52.4 cm³/mol. The smallest absolute Gasteiger partial charge is 0.328 e. The van der Waals surface area contributed by atoms with Gasteiger partial charge in [-0.25, -0.2) is 0 Å². The Bertz CT molecular complexity index is 195. The molecule has 0 heterocycles. The maximum Gasteiger partial charge on any atom is 0.328 e. The van der Waals surface area contributed by atoms with Gasteiger partial charge in [-0.15, -0.1) is 0 Å². The van der Waals surface area contributed by atoms with Gasteiger partial charge in [-0.2, -0.15) is 0 Å². The molecule has 1 rings (SSSR count). The van der Waals surface area contributed by atoms with E-state index in [1.165, 1.54) is 5.57 Å². The van der Waals surface area contributed by atoms with E-state index in [2.05, 4.69) is 25.2 Å². The van der Waals surface area contributed by atoms with Gasteiger partial charge in [0.25, 0.3) is 0 Å². The Balaban J connectivity index is 2.50. The first-order chi connectivity index (χ1) is 5.79. The Morgan fingerprint density at radius 1 is 1.42 bits per heavy atom. The molecule has 0 saturated carbocycles. The van der Waals surface area contributed by atoms with Gasteiger partial charge in [0, 0.05) is 19.8 Å². The van der Waals surface area contributed by atoms with E-state index in [1.807, 2.05) is 0 Å². The summed E-state index contributed by atoms with van der Waals surface area (Å²) in [7, 11) is 2.02. The van der Waals surface area contributed by atoms with E-state index in [1.54, 1.807) is 14.2 Å². The van der Waals surface area contributed by atoms with Crippen molar-refractivity contribution in [2.75, 3.05) is 14.2 Å². The number of hydrogen-bond donors (Lipinski definition) is 0. The van der Waals surface area contributed by atoms with Crippen LogP contribution < -0.4 is 0 Å². The molecule has 0 spiro atoms. The zero-order valence-corrected chi connectivity index (χ0v) is 9.07. The molecule has 0 aromatic heterocycles. The first kappa shape index (κ1) is 9.70. The summed E-state index contributed by atoms with van der Waals surface area (Å²) in [4.78, 5) is 0. The van der Waals surface area contributed by atoms with Gasteiger partial charge in [-0.05, 0) is 6.42 Å². The van der Waals surface area contributed by atoms with E-state index in [4.69, 9.17) is 8.85 Å². The van der Waals surface area contributed by atoms with Crippen LogP contribution in [0.5, 0.6) is 0 Å². The SMILES string of the molecule is CO[SiH](OC)C(C)C1=CC=CC1. The largest absolute Gasteiger partial charge is 0.400 e. The predicted octanol–water partition coefficient (Wildman–Crippen LogP) is 1.78. The summed E-state index contributed by atoms with van der Waals surface area (Å²) in [6, 6.07) is 0. The third kappa shape index (κ3) is 2.06. The summed E-state index contributed by atoms with van der Waals surface area (Å²) in [5.74, 6) is 0. The van der Waals surface area contributed by atoms with E-state index in [-0.39, 0.29) is 0 Å². The lowest BCUT2D eigenvalue weighted by Gasteiger charge is -2.19. The molecule has 0 saturated heterocycles. The van der Waals surface area contributed by atoms with E-state index < -0.39 is 9.28 Å². The van der Waals surface area contributed by atoms with Gasteiger partial charge in [0.1, 0.15) is 0 Å². The molecule has 0 bridgehead atoms. The molecule has 1 unspecified atom stereocenters. The first-order valence-corrected chi connectivity index (χ1v) is 5.81. The molecule has 0 aromatic rings. The summed E-state index contributed by atoms with van der Waals surface area (Å²) in [5, 5.41) is 0. The van der Waals surface area contributed by atoms with Crippen molar-refractivity contribution < 1.29 is 8.85 Å². The van der Waals surface area contributed by atoms with Gasteiger partial charge >= 0.3 is 9.28 Å². The molecular formula is C9H16O2Si. The van der Waals surface area contributed by atoms with Crippen LogP contribution in [0.1, 0.15) is 13.3 Å². The van der Waals surface area contributed by atoms with Crippen LogP contribution in [0.2, 0.25) is 5.54 Å². The van der Waals surface area contributed by atoms with E-state index in [9.17, 15) is 0 Å². The Kier molecular flexibility index (Phi) is 3.72. The summed E-state index contributed by atoms with van der Waals surface area (Å²) < 4.78 is 10.6. The Labute approximate surface area is 75.7 Å². The van der Waals surface area contributed by atoms with E-state index in [0.29, 0.717) is 5.54 Å². The van der Waals surface area contributed by atoms with Gasteiger partial charge in [0.05, 0.1) is 0 Å². The molecule has 12 heavy (non-hydrogen) atoms. The maximum absolute atomic E-state index is 5.32. The summed E-state index contributed by atoms with van der Waals surface area (Å²) >= 11 is 0. The van der Waals surface area contributed by atoms with Crippen LogP contribution in [-0.2, 0) is 8.85 Å². The zero-order chi connectivity index (χ0) is 8.97. The van der Waals surface area contributed by atoms with Crippen LogP contribution in [0, 0.1) is 0 Å². The second-order valence-electron chi connectivity index (χ2n) is 3.00. The van der Waals surface area contributed by atoms with Gasteiger partial charge < -0.3 is 8.85 Å². The van der Waals surface area contributed by atoms with Crippen molar-refractivity contribution in [1.82, 2.24) is 0 Å². The summed E-state index contributed by atoms with van der Waals surface area (Å²) in [5.41, 5.74) is 1.92. The Morgan fingerprint density at radius 2 is 2.08 bits per heavy atom. The van der Waals surface area contributed by atoms with Crippen molar-refractivity contribution in [2.24, 2.45) is 0 Å². The first-order valence-electron chi connectivity index (χ1n) is 4.20. The third-order valence-corrected chi connectivity index (χ3v) is 4.43. The van der Waals surface area contributed by atoms with E-state index >= 15 is 0 Å². The molecule has 0 N–H and O–H groups in total. The summed E-state index contributed by atoms with van der Waals surface area (Å²) in [6.45, 7) is 2.18. The van der Waals surface area contributed by atoms with Crippen LogP contribution in [0.4, 0.5) is 0 Å². The monoisotopic (exact) mass is 184 g/mol. The molecule has 1 atom stereocenters. The molecule has 3 heteroatoms. The van der Waals surface area contributed by atoms with Gasteiger partial charge in [-0.3, -0.25) is 0 Å². The number of rotatable bonds is 4. The molecular weight excluding hydrogens is 168 g/mol. The third-order valence-electron chi connectivity index (χ3n) is 2.26. The van der Waals surface area contributed by atoms with Crippen LogP contribution in [0.15, 0.2) is 23.8 Å². The van der Waals surface area contributed by atoms with Gasteiger partial charge in [0.15, 0.2) is 0 Å². The highest BCUT2D eigenvalue weighted by Crippen LogP contribution is 2.27. The Morgan fingerprint density at radius 3 is 2.50 bits per heavy atom. The van der Waals surface area contributed by atoms with Crippen molar-refractivity contribution in [3.05, 3.63) is 23.8 Å². The average Bonchev–Trinajstić information content (AvgIpc) is 2.58. The van der Waals surface area contributed by atoms with Crippen LogP contribution >= 0.6 is 0 Å². The van der Waals surface area contributed by atoms with Crippen molar-refractivity contribution >= 4 is 9.28 Å². The van der Waals surface area contributed by atoms with Crippen molar-refractivity contribution in [3.8, 4) is 0 Å². The molecule has 2 nitrogen and oxygen atoms in total. The quantitative estimate of drug-likeness (QED) is 0.620. The van der Waals surface area contributed by atoms with Gasteiger partial charge in [0.2, 0.25) is 0 Å². The standard InChI is InChI=1S/C9H16O2Si/c1-8(12(10-2)11-3)9-6-4-5-7-9/h4-6,8,12H,7H2,1-3H3. The fourth-order valence-electron chi connectivity index (χ4n) is 1.48. The summed E-state index contributed by atoms with van der Waals surface area (Å²) in [6.07, 6.45) is 7.51. The highest BCUT2D eigenvalue weighted by Gasteiger charge is 2.23. The van der Waals surface area contributed by atoms with Crippen LogP contribution in [0.25, 0.3) is 0 Å². The van der Waals surface area contributed by atoms with Crippen molar-refractivity contribution in [2.45, 2.75) is 18.9 Å². The molecule has 0 fully saturated rings. The minimum Gasteiger partial charge on any atom is -0.400 e. The lowest BCUT2D eigenvalue weighted by atomic mass is 10.2. The van der Waals surface area contributed by atoms with Gasteiger partial charge in [-0.1, -0.05) is 30.7 Å². The lowest BCUT2D eigenvalue weighted by molar-refractivity contribution is 0.271. The second kappa shape index (κ2) is 4.60. The molecule has 0 aliphatic heterocycles. The topological polar surface area (TPSA) is 18.5 Å². The maximum atomic E-state index is 5.32. The number of allylic oxidation sites excluding steroid dienone is 4. The molecule has 0 aromatic carbocycles. The minimum atomic E-state index is -1.45. The molecule has 0 amide bonds. The normalized spacial score (nSPS) is 18.5. The molecule has 0 radical (unpaired) electrons. The Hall–Kier alpha value is -0.383. The fraction of sp³-hybridized carbons (Fsp3) is 0.556. The highest BCUT2D eigenvalue weighted by atomic mass is 28.3. The highest BCUT2D eigenvalue weighted by molar-refractivity contribution is 6.47. The van der Waals surface area contributed by atoms with Crippen molar-refractivity contribution in [1.29, 1.82) is 0 Å². The second-order valence-corrected chi connectivity index (χ2v) is 5.68. The lowest BCUT2D eigenvalue weighted by Crippen LogP contribution is -2.25. The molecule has 1 aliphatic rings. The molecule has 1 aliphatic carbocycles. The fourth-order valence-corrected chi connectivity index (χ4v) is 3.09. The van der Waals surface area contributed by atoms with Crippen molar-refractivity contribution in [3.63, 3.8) is 0 Å². The average molecular weight is 184 g/mol. The van der Waals surface area contributed by atoms with Crippen LogP contribution in [0.3, 0.4) is 0 Å².